The number of benzene rings is 1. The molecule has 1 saturated heterocycles. The number of aryl methyl sites for hydroxylation is 2. The number of aromatic nitrogens is 5. The number of carbonyl (C=O) groups excluding carboxylic acids is 1. The number of carbonyl (C=O) groups is 1. The fourth-order valence-electron chi connectivity index (χ4n) is 4.22. The van der Waals surface area contributed by atoms with E-state index in [2.05, 4.69) is 10.2 Å². The van der Waals surface area contributed by atoms with Crippen LogP contribution < -0.4 is 0 Å². The molecule has 0 bridgehead atoms. The zero-order valence-electron chi connectivity index (χ0n) is 19.2. The summed E-state index contributed by atoms with van der Waals surface area (Å²) in [6, 6.07) is 9.37. The Balaban J connectivity index is 1.43. The van der Waals surface area contributed by atoms with Crippen LogP contribution in [0.2, 0.25) is 0 Å². The van der Waals surface area contributed by atoms with Crippen molar-refractivity contribution in [3.05, 3.63) is 60.2 Å². The maximum atomic E-state index is 13.6. The lowest BCUT2D eigenvalue weighted by Crippen LogP contribution is -2.50. The molecule has 4 heterocycles. The van der Waals surface area contributed by atoms with E-state index >= 15 is 0 Å². The van der Waals surface area contributed by atoms with E-state index in [0.29, 0.717) is 24.3 Å². The first-order valence-corrected chi connectivity index (χ1v) is 12.4. The van der Waals surface area contributed by atoms with Gasteiger partial charge in [0.05, 0.1) is 29.2 Å². The molecular formula is C23H25N7O3S. The van der Waals surface area contributed by atoms with Gasteiger partial charge in [-0.2, -0.15) is 14.5 Å². The molecule has 11 heteroatoms. The van der Waals surface area contributed by atoms with E-state index in [4.69, 9.17) is 4.98 Å². The second kappa shape index (κ2) is 8.33. The molecule has 1 fully saturated rings. The van der Waals surface area contributed by atoms with Gasteiger partial charge in [0.2, 0.25) is 10.0 Å². The van der Waals surface area contributed by atoms with Crippen LogP contribution in [0, 0.1) is 6.92 Å². The van der Waals surface area contributed by atoms with Crippen molar-refractivity contribution >= 4 is 26.8 Å². The predicted octanol–water partition coefficient (Wildman–Crippen LogP) is 1.82. The second-order valence-corrected chi connectivity index (χ2v) is 10.3. The molecule has 1 aliphatic heterocycles. The van der Waals surface area contributed by atoms with Crippen LogP contribution in [-0.2, 0) is 24.1 Å². The molecule has 0 radical (unpaired) electrons. The molecule has 34 heavy (non-hydrogen) atoms. The number of para-hydroxylation sites is 1. The van der Waals surface area contributed by atoms with E-state index in [1.807, 2.05) is 44.3 Å². The molecule has 4 aromatic rings. The summed E-state index contributed by atoms with van der Waals surface area (Å²) in [4.78, 5) is 20.2. The highest BCUT2D eigenvalue weighted by atomic mass is 32.2. The van der Waals surface area contributed by atoms with Crippen molar-refractivity contribution in [2.75, 3.05) is 26.2 Å². The third kappa shape index (κ3) is 3.76. The molecule has 0 spiro atoms. The Morgan fingerprint density at radius 1 is 1.00 bits per heavy atom. The second-order valence-electron chi connectivity index (χ2n) is 8.39. The number of nitrogens with zero attached hydrogens (tertiary/aromatic N) is 7. The van der Waals surface area contributed by atoms with Crippen LogP contribution in [0.5, 0.6) is 0 Å². The molecule has 0 unspecified atom stereocenters. The molecule has 1 aliphatic rings. The number of piperazine rings is 1. The van der Waals surface area contributed by atoms with Gasteiger partial charge in [0.25, 0.3) is 5.91 Å². The minimum atomic E-state index is -3.64. The lowest BCUT2D eigenvalue weighted by Gasteiger charge is -2.34. The van der Waals surface area contributed by atoms with Crippen molar-refractivity contribution in [1.82, 2.24) is 33.8 Å². The van der Waals surface area contributed by atoms with Gasteiger partial charge in [0, 0.05) is 63.1 Å². The Hall–Kier alpha value is -3.57. The fraction of sp³-hybridized carbons (Fsp3) is 0.304. The first-order chi connectivity index (χ1) is 16.3. The summed E-state index contributed by atoms with van der Waals surface area (Å²) in [5.74, 6) is -0.139. The summed E-state index contributed by atoms with van der Waals surface area (Å²) >= 11 is 0. The van der Waals surface area contributed by atoms with E-state index in [1.54, 1.807) is 22.8 Å². The average molecular weight is 480 g/mol. The monoisotopic (exact) mass is 479 g/mol. The normalized spacial score (nSPS) is 15.2. The highest BCUT2D eigenvalue weighted by Crippen LogP contribution is 2.28. The third-order valence-electron chi connectivity index (χ3n) is 6.30. The Morgan fingerprint density at radius 3 is 2.38 bits per heavy atom. The van der Waals surface area contributed by atoms with Gasteiger partial charge < -0.3 is 4.90 Å². The number of amides is 1. The van der Waals surface area contributed by atoms with Crippen molar-refractivity contribution in [1.29, 1.82) is 0 Å². The first kappa shape index (κ1) is 22.2. The molecule has 0 N–H and O–H groups in total. The smallest absolute Gasteiger partial charge is 0.254 e. The Morgan fingerprint density at radius 2 is 1.74 bits per heavy atom. The van der Waals surface area contributed by atoms with Gasteiger partial charge in [0.15, 0.2) is 0 Å². The summed E-state index contributed by atoms with van der Waals surface area (Å²) in [7, 11) is -0.0995. The minimum absolute atomic E-state index is 0.139. The van der Waals surface area contributed by atoms with Crippen LogP contribution in [0.3, 0.4) is 0 Å². The van der Waals surface area contributed by atoms with Crippen LogP contribution in [-0.4, -0.2) is 74.3 Å². The number of hydrogen-bond acceptors (Lipinski definition) is 6. The number of hydrogen-bond donors (Lipinski definition) is 0. The molecule has 0 atom stereocenters. The van der Waals surface area contributed by atoms with Crippen LogP contribution in [0.1, 0.15) is 16.1 Å². The number of pyridine rings is 1. The predicted molar refractivity (Wildman–Crippen MR) is 127 cm³/mol. The van der Waals surface area contributed by atoms with E-state index in [9.17, 15) is 13.2 Å². The van der Waals surface area contributed by atoms with E-state index in [0.717, 1.165) is 22.2 Å². The van der Waals surface area contributed by atoms with E-state index in [-0.39, 0.29) is 23.9 Å². The van der Waals surface area contributed by atoms with Gasteiger partial charge in [-0.25, -0.2) is 13.4 Å². The molecule has 0 aliphatic carbocycles. The lowest BCUT2D eigenvalue weighted by atomic mass is 10.0. The Bertz CT molecular complexity index is 1500. The zero-order chi connectivity index (χ0) is 24.0. The number of fused-ring (bicyclic) bond motifs is 1. The highest BCUT2D eigenvalue weighted by Gasteiger charge is 2.32. The van der Waals surface area contributed by atoms with E-state index in [1.165, 1.54) is 21.4 Å². The van der Waals surface area contributed by atoms with E-state index < -0.39 is 10.0 Å². The van der Waals surface area contributed by atoms with Crippen molar-refractivity contribution < 1.29 is 13.2 Å². The summed E-state index contributed by atoms with van der Waals surface area (Å²) in [5.41, 5.74) is 3.78. The number of rotatable bonds is 4. The average Bonchev–Trinajstić information content (AvgIpc) is 3.43. The molecule has 176 valence electrons. The summed E-state index contributed by atoms with van der Waals surface area (Å²) in [6.45, 7) is 3.01. The van der Waals surface area contributed by atoms with Gasteiger partial charge in [-0.05, 0) is 19.1 Å². The number of sulfonamides is 1. The van der Waals surface area contributed by atoms with Gasteiger partial charge >= 0.3 is 0 Å². The zero-order valence-corrected chi connectivity index (χ0v) is 20.0. The van der Waals surface area contributed by atoms with Crippen molar-refractivity contribution in [2.45, 2.75) is 11.8 Å². The molecule has 1 amide bonds. The topological polar surface area (TPSA) is 106 Å². The van der Waals surface area contributed by atoms with Crippen molar-refractivity contribution in [3.63, 3.8) is 0 Å². The quantitative estimate of drug-likeness (QED) is 0.442. The van der Waals surface area contributed by atoms with Gasteiger partial charge in [-0.1, -0.05) is 18.2 Å². The standard InChI is InChI=1S/C23H25N7O3S/c1-16-20(14-25-28(16)3)22-12-19(18-6-4-5-7-21(18)26-22)23(31)29-8-10-30(11-9-29)34(32,33)17-13-24-27(2)15-17/h4-7,12-15H,8-11H2,1-3H3. The van der Waals surface area contributed by atoms with Gasteiger partial charge in [0.1, 0.15) is 4.90 Å². The van der Waals surface area contributed by atoms with Gasteiger partial charge in [-0.3, -0.25) is 14.2 Å². The third-order valence-corrected chi connectivity index (χ3v) is 8.15. The summed E-state index contributed by atoms with van der Waals surface area (Å²) in [5, 5.41) is 9.04. The van der Waals surface area contributed by atoms with Crippen molar-refractivity contribution in [3.8, 4) is 11.3 Å². The van der Waals surface area contributed by atoms with Crippen LogP contribution >= 0.6 is 0 Å². The maximum absolute atomic E-state index is 13.6. The molecule has 5 rings (SSSR count). The Labute approximate surface area is 197 Å². The molecule has 10 nitrogen and oxygen atoms in total. The SMILES string of the molecule is Cc1c(-c2cc(C(=O)N3CCN(S(=O)(=O)c4cnn(C)c4)CC3)c3ccccc3n2)cnn1C. The maximum Gasteiger partial charge on any atom is 0.254 e. The molecular weight excluding hydrogens is 454 g/mol. The van der Waals surface area contributed by atoms with Crippen LogP contribution in [0.4, 0.5) is 0 Å². The first-order valence-electron chi connectivity index (χ1n) is 10.9. The molecule has 0 saturated carbocycles. The summed E-state index contributed by atoms with van der Waals surface area (Å²) < 4.78 is 30.5. The lowest BCUT2D eigenvalue weighted by molar-refractivity contribution is 0.0700. The van der Waals surface area contributed by atoms with Crippen LogP contribution in [0.15, 0.2) is 53.8 Å². The summed E-state index contributed by atoms with van der Waals surface area (Å²) in [6.07, 6.45) is 4.58. The van der Waals surface area contributed by atoms with Crippen molar-refractivity contribution in [2.24, 2.45) is 14.1 Å². The van der Waals surface area contributed by atoms with Crippen LogP contribution in [0.25, 0.3) is 22.2 Å². The fourth-order valence-corrected chi connectivity index (χ4v) is 5.63. The van der Waals surface area contributed by atoms with Gasteiger partial charge in [-0.15, -0.1) is 0 Å². The molecule has 3 aromatic heterocycles. The Kier molecular flexibility index (Phi) is 5.45. The minimum Gasteiger partial charge on any atom is -0.336 e. The molecule has 1 aromatic carbocycles. The largest absolute Gasteiger partial charge is 0.336 e. The highest BCUT2D eigenvalue weighted by molar-refractivity contribution is 7.89.